The normalized spacial score (nSPS) is 23.3. The largest absolute Gasteiger partial charge is 0.746 e. The van der Waals surface area contributed by atoms with Crippen molar-refractivity contribution >= 4 is 14.2 Å². The summed E-state index contributed by atoms with van der Waals surface area (Å²) in [7, 11) is -2.61. The van der Waals surface area contributed by atoms with Crippen molar-refractivity contribution in [2.45, 2.75) is 6.04 Å². The van der Waals surface area contributed by atoms with E-state index < -0.39 is 20.3 Å². The molecule has 1 heterocycles. The van der Waals surface area contributed by atoms with Crippen molar-refractivity contribution in [1.29, 1.82) is 0 Å². The van der Waals surface area contributed by atoms with Gasteiger partial charge in [-0.05, 0) is 6.08 Å². The molecule has 7 nitrogen and oxygen atoms in total. The molecule has 1 fully saturated rings. The Bertz CT molecular complexity index is 296. The van der Waals surface area contributed by atoms with Gasteiger partial charge in [0, 0.05) is 30.7 Å². The Balaban J connectivity index is 2.29. The van der Waals surface area contributed by atoms with Gasteiger partial charge in [-0.1, -0.05) is 0 Å². The molecule has 1 unspecified atom stereocenters. The van der Waals surface area contributed by atoms with Crippen molar-refractivity contribution in [3.8, 4) is 0 Å². The summed E-state index contributed by atoms with van der Waals surface area (Å²) in [6, 6.07) is -0.558. The van der Waals surface area contributed by atoms with E-state index in [1.165, 1.54) is 0 Å². The lowest BCUT2D eigenvalue weighted by Crippen LogP contribution is -2.54. The summed E-state index contributed by atoms with van der Waals surface area (Å²) in [5.41, 5.74) is 0. The Hall–Kier alpha value is -1.01. The fourth-order valence-electron chi connectivity index (χ4n) is 1.43. The number of piperazine rings is 1. The molecule has 0 aromatic heterocycles. The van der Waals surface area contributed by atoms with Gasteiger partial charge < -0.3 is 10.4 Å². The van der Waals surface area contributed by atoms with E-state index in [9.17, 15) is 9.36 Å². The summed E-state index contributed by atoms with van der Waals surface area (Å²) in [6.07, 6.45) is 2.73. The van der Waals surface area contributed by atoms with E-state index in [-0.39, 0.29) is 0 Å². The molecule has 0 saturated carbocycles. The number of aliphatic carboxylic acids is 1. The SMILES string of the molecule is O=C(O)[C@H]1CN(C/C=C/O[P+](=O)O)CCN1. The van der Waals surface area contributed by atoms with Crippen molar-refractivity contribution in [3.05, 3.63) is 12.3 Å². The lowest BCUT2D eigenvalue weighted by atomic mass is 10.2. The van der Waals surface area contributed by atoms with Gasteiger partial charge in [0.05, 0.1) is 0 Å². The van der Waals surface area contributed by atoms with Gasteiger partial charge in [-0.15, -0.1) is 4.89 Å². The average Bonchev–Trinajstić information content (AvgIpc) is 2.24. The van der Waals surface area contributed by atoms with Gasteiger partial charge in [0.15, 0.2) is 6.26 Å². The lowest BCUT2D eigenvalue weighted by Gasteiger charge is -2.30. The predicted octanol–water partition coefficient (Wildman–Crippen LogP) is -0.475. The summed E-state index contributed by atoms with van der Waals surface area (Å²) >= 11 is 0. The number of carboxylic acids is 1. The number of rotatable bonds is 5. The van der Waals surface area contributed by atoms with E-state index in [0.29, 0.717) is 19.6 Å². The van der Waals surface area contributed by atoms with Crippen LogP contribution < -0.4 is 5.32 Å². The first-order valence-electron chi connectivity index (χ1n) is 4.76. The van der Waals surface area contributed by atoms with Crippen LogP contribution in [0.1, 0.15) is 0 Å². The van der Waals surface area contributed by atoms with Gasteiger partial charge in [0.1, 0.15) is 6.04 Å². The Labute approximate surface area is 93.6 Å². The molecule has 1 saturated heterocycles. The van der Waals surface area contributed by atoms with Crippen LogP contribution in [0.15, 0.2) is 12.3 Å². The molecule has 8 heteroatoms. The Morgan fingerprint density at radius 2 is 2.44 bits per heavy atom. The molecule has 16 heavy (non-hydrogen) atoms. The van der Waals surface area contributed by atoms with Crippen LogP contribution in [0.25, 0.3) is 0 Å². The van der Waals surface area contributed by atoms with Crippen molar-refractivity contribution < 1.29 is 23.9 Å². The van der Waals surface area contributed by atoms with Gasteiger partial charge in [-0.3, -0.25) is 9.69 Å². The first-order valence-corrected chi connectivity index (χ1v) is 5.89. The Kier molecular flexibility index (Phi) is 5.34. The van der Waals surface area contributed by atoms with E-state index in [4.69, 9.17) is 10.00 Å². The average molecular weight is 249 g/mol. The summed E-state index contributed by atoms with van der Waals surface area (Å²) in [4.78, 5) is 21.0. The minimum Gasteiger partial charge on any atom is -0.480 e. The summed E-state index contributed by atoms with van der Waals surface area (Å²) in [6.45, 7) is 2.25. The van der Waals surface area contributed by atoms with Crippen LogP contribution in [0.5, 0.6) is 0 Å². The lowest BCUT2D eigenvalue weighted by molar-refractivity contribution is -0.140. The molecule has 0 amide bonds. The monoisotopic (exact) mass is 249 g/mol. The van der Waals surface area contributed by atoms with Gasteiger partial charge in [-0.25, -0.2) is 4.52 Å². The number of hydrogen-bond acceptors (Lipinski definition) is 5. The zero-order chi connectivity index (χ0) is 12.0. The highest BCUT2D eigenvalue weighted by atomic mass is 31.1. The third-order valence-corrected chi connectivity index (χ3v) is 2.47. The van der Waals surface area contributed by atoms with Crippen LogP contribution >= 0.6 is 8.25 Å². The minimum atomic E-state index is -2.61. The number of hydrogen-bond donors (Lipinski definition) is 3. The van der Waals surface area contributed by atoms with E-state index in [1.807, 2.05) is 4.90 Å². The van der Waals surface area contributed by atoms with Crippen LogP contribution in [-0.4, -0.2) is 53.1 Å². The molecule has 1 rings (SSSR count). The van der Waals surface area contributed by atoms with Crippen LogP contribution in [0.4, 0.5) is 0 Å². The summed E-state index contributed by atoms with van der Waals surface area (Å²) in [5, 5.41) is 11.7. The van der Waals surface area contributed by atoms with Crippen molar-refractivity contribution in [1.82, 2.24) is 10.2 Å². The van der Waals surface area contributed by atoms with E-state index in [0.717, 1.165) is 12.8 Å². The molecule has 0 aliphatic carbocycles. The Morgan fingerprint density at radius 1 is 1.69 bits per heavy atom. The molecule has 1 aliphatic heterocycles. The fraction of sp³-hybridized carbons (Fsp3) is 0.625. The third-order valence-electron chi connectivity index (χ3n) is 2.17. The molecule has 0 aromatic carbocycles. The molecule has 90 valence electrons. The maximum atomic E-state index is 10.7. The summed E-state index contributed by atoms with van der Waals surface area (Å²) < 4.78 is 14.5. The highest BCUT2D eigenvalue weighted by Crippen LogP contribution is 2.14. The predicted molar refractivity (Wildman–Crippen MR) is 55.9 cm³/mol. The highest BCUT2D eigenvalue weighted by molar-refractivity contribution is 7.32. The zero-order valence-corrected chi connectivity index (χ0v) is 9.47. The number of carboxylic acid groups (broad SMARTS) is 1. The van der Waals surface area contributed by atoms with Crippen LogP contribution in [-0.2, 0) is 13.9 Å². The third kappa shape index (κ3) is 4.67. The fourth-order valence-corrected chi connectivity index (χ4v) is 1.62. The van der Waals surface area contributed by atoms with Gasteiger partial charge in [-0.2, -0.15) is 0 Å². The molecule has 0 bridgehead atoms. The number of carbonyl (C=O) groups is 1. The highest BCUT2D eigenvalue weighted by Gasteiger charge is 2.23. The molecule has 3 N–H and O–H groups in total. The van der Waals surface area contributed by atoms with Gasteiger partial charge in [0.2, 0.25) is 0 Å². The molecule has 0 aromatic rings. The van der Waals surface area contributed by atoms with E-state index >= 15 is 0 Å². The standard InChI is InChI=1S/C8H13N2O5P/c11-8(12)7-6-10(4-2-9-7)3-1-5-15-16(13)14/h1,5,7,9H,2-4,6H2,(H-,11,12,13,14)/p+1/b5-1+/t7-/m1/s1. The first-order chi connectivity index (χ1) is 7.59. The molecule has 0 radical (unpaired) electrons. The van der Waals surface area contributed by atoms with E-state index in [2.05, 4.69) is 9.84 Å². The maximum absolute atomic E-state index is 10.7. The van der Waals surface area contributed by atoms with Crippen molar-refractivity contribution in [2.75, 3.05) is 26.2 Å². The van der Waals surface area contributed by atoms with Gasteiger partial charge in [0.25, 0.3) is 0 Å². The van der Waals surface area contributed by atoms with Crippen LogP contribution in [0.2, 0.25) is 0 Å². The van der Waals surface area contributed by atoms with Crippen molar-refractivity contribution in [2.24, 2.45) is 0 Å². The zero-order valence-electron chi connectivity index (χ0n) is 8.57. The Morgan fingerprint density at radius 3 is 3.06 bits per heavy atom. The van der Waals surface area contributed by atoms with Crippen LogP contribution in [0.3, 0.4) is 0 Å². The maximum Gasteiger partial charge on any atom is 0.746 e. The first kappa shape index (κ1) is 13.1. The molecular formula is C8H14N2O5P+. The smallest absolute Gasteiger partial charge is 0.480 e. The second-order valence-corrected chi connectivity index (χ2v) is 4.01. The molecular weight excluding hydrogens is 235 g/mol. The molecule has 1 aliphatic rings. The van der Waals surface area contributed by atoms with Crippen molar-refractivity contribution in [3.63, 3.8) is 0 Å². The molecule has 2 atom stereocenters. The molecule has 0 spiro atoms. The summed E-state index contributed by atoms with van der Waals surface area (Å²) in [5.74, 6) is -0.872. The van der Waals surface area contributed by atoms with E-state index in [1.54, 1.807) is 6.08 Å². The minimum absolute atomic E-state index is 0.408. The van der Waals surface area contributed by atoms with Crippen LogP contribution in [0, 0.1) is 0 Å². The quantitative estimate of drug-likeness (QED) is 0.447. The number of nitrogens with one attached hydrogen (secondary N) is 1. The number of nitrogens with zero attached hydrogens (tertiary/aromatic N) is 1. The second-order valence-electron chi connectivity index (χ2n) is 3.32. The topological polar surface area (TPSA) is 99.1 Å². The second kappa shape index (κ2) is 6.55. The van der Waals surface area contributed by atoms with Gasteiger partial charge >= 0.3 is 14.2 Å².